The van der Waals surface area contributed by atoms with Crippen LogP contribution in [-0.2, 0) is 29.5 Å². The number of rotatable bonds is 6. The second kappa shape index (κ2) is 9.59. The highest BCUT2D eigenvalue weighted by molar-refractivity contribution is 7.89. The van der Waals surface area contributed by atoms with E-state index in [0.717, 1.165) is 11.3 Å². The molecule has 0 saturated carbocycles. The van der Waals surface area contributed by atoms with Crippen molar-refractivity contribution in [2.24, 2.45) is 0 Å². The Morgan fingerprint density at radius 2 is 1.91 bits per heavy atom. The highest BCUT2D eigenvalue weighted by Gasteiger charge is 2.51. The first kappa shape index (κ1) is 24.6. The minimum atomic E-state index is -5.54. The molecular formula is C23H24ClF3N4O2S. The summed E-state index contributed by atoms with van der Waals surface area (Å²) in [5, 5.41) is 0.322. The van der Waals surface area contributed by atoms with Gasteiger partial charge in [-0.1, -0.05) is 41.9 Å². The minimum Gasteiger partial charge on any atom is -0.361 e. The highest BCUT2D eigenvalue weighted by Crippen LogP contribution is 2.36. The molecule has 6 nitrogen and oxygen atoms in total. The quantitative estimate of drug-likeness (QED) is 0.502. The van der Waals surface area contributed by atoms with Gasteiger partial charge in [0.2, 0.25) is 0 Å². The number of imidazole rings is 1. The zero-order valence-corrected chi connectivity index (χ0v) is 20.0. The van der Waals surface area contributed by atoms with E-state index in [-0.39, 0.29) is 6.54 Å². The van der Waals surface area contributed by atoms with Crippen LogP contribution in [0.4, 0.5) is 18.9 Å². The number of hydrogen-bond donors (Lipinski definition) is 1. The Bertz CT molecular complexity index is 1250. The lowest BCUT2D eigenvalue weighted by atomic mass is 10.0. The number of nitrogens with one attached hydrogen (secondary N) is 1. The first-order valence-electron chi connectivity index (χ1n) is 10.7. The van der Waals surface area contributed by atoms with E-state index in [1.165, 1.54) is 6.07 Å². The molecule has 3 aromatic rings. The summed E-state index contributed by atoms with van der Waals surface area (Å²) >= 11 is 6.15. The molecule has 1 N–H and O–H groups in total. The fraction of sp³-hybridized carbons (Fsp3) is 0.348. The van der Waals surface area contributed by atoms with Crippen molar-refractivity contribution in [1.82, 2.24) is 14.3 Å². The maximum Gasteiger partial charge on any atom is 0.511 e. The van der Waals surface area contributed by atoms with Crippen molar-refractivity contribution < 1.29 is 21.6 Å². The lowest BCUT2D eigenvalue weighted by Crippen LogP contribution is -2.47. The van der Waals surface area contributed by atoms with Crippen molar-refractivity contribution in [3.05, 3.63) is 82.4 Å². The summed E-state index contributed by atoms with van der Waals surface area (Å²) in [4.78, 5) is 9.33. The van der Waals surface area contributed by atoms with Gasteiger partial charge in [-0.15, -0.1) is 0 Å². The Kier molecular flexibility index (Phi) is 6.93. The molecule has 0 spiro atoms. The highest BCUT2D eigenvalue weighted by atomic mass is 35.5. The van der Waals surface area contributed by atoms with Crippen LogP contribution in [0.1, 0.15) is 29.1 Å². The lowest BCUT2D eigenvalue weighted by molar-refractivity contribution is -0.0492. The average molecular weight is 513 g/mol. The van der Waals surface area contributed by atoms with Crippen LogP contribution in [0.2, 0.25) is 5.02 Å². The minimum absolute atomic E-state index is 0.311. The Hall–Kier alpha value is -2.56. The molecule has 2 heterocycles. The molecular weight excluding hydrogens is 489 g/mol. The predicted octanol–water partition coefficient (Wildman–Crippen LogP) is 5.04. The molecule has 0 amide bonds. The number of nitrogens with zero attached hydrogens (tertiary/aromatic N) is 3. The largest absolute Gasteiger partial charge is 0.511 e. The SMILES string of the molecule is Cc1ncc(CN2c3ccc(Cl)cc3CN(S(=O)(=O)C(F)(F)F)C[C@H]2CCc2ccccc2)[nH]1. The van der Waals surface area contributed by atoms with Gasteiger partial charge in [0, 0.05) is 29.8 Å². The number of anilines is 1. The molecule has 0 aliphatic carbocycles. The third-order valence-corrected chi connectivity index (χ3v) is 7.67. The molecule has 0 saturated heterocycles. The third-order valence-electron chi connectivity index (χ3n) is 5.89. The van der Waals surface area contributed by atoms with E-state index in [2.05, 4.69) is 9.97 Å². The maximum absolute atomic E-state index is 13.5. The Morgan fingerprint density at radius 1 is 1.18 bits per heavy atom. The number of fused-ring (bicyclic) bond motifs is 1. The lowest BCUT2D eigenvalue weighted by Gasteiger charge is -2.34. The number of halogens is 4. The van der Waals surface area contributed by atoms with Crippen LogP contribution in [0, 0.1) is 6.92 Å². The number of aromatic nitrogens is 2. The van der Waals surface area contributed by atoms with Crippen LogP contribution in [0.25, 0.3) is 0 Å². The fourth-order valence-electron chi connectivity index (χ4n) is 4.25. The second-order valence-corrected chi connectivity index (χ2v) is 10.7. The van der Waals surface area contributed by atoms with Gasteiger partial charge in [-0.2, -0.15) is 17.5 Å². The van der Waals surface area contributed by atoms with Gasteiger partial charge < -0.3 is 9.88 Å². The molecule has 1 aromatic heterocycles. The van der Waals surface area contributed by atoms with Gasteiger partial charge in [-0.3, -0.25) is 0 Å². The van der Waals surface area contributed by atoms with Crippen LogP contribution in [0.3, 0.4) is 0 Å². The number of H-pyrrole nitrogens is 1. The molecule has 1 atom stereocenters. The molecule has 11 heteroatoms. The molecule has 1 aliphatic rings. The summed E-state index contributed by atoms with van der Waals surface area (Å²) in [6.07, 6.45) is 2.70. The van der Waals surface area contributed by atoms with Crippen LogP contribution in [-0.4, -0.2) is 40.8 Å². The average Bonchev–Trinajstić information content (AvgIpc) is 3.12. The van der Waals surface area contributed by atoms with Crippen molar-refractivity contribution in [2.75, 3.05) is 11.4 Å². The Balaban J connectivity index is 1.77. The van der Waals surface area contributed by atoms with Gasteiger partial charge in [-0.05, 0) is 49.1 Å². The summed E-state index contributed by atoms with van der Waals surface area (Å²) in [5.41, 5.74) is -2.54. The van der Waals surface area contributed by atoms with E-state index in [4.69, 9.17) is 11.6 Å². The fourth-order valence-corrected chi connectivity index (χ4v) is 5.41. The van der Waals surface area contributed by atoms with E-state index in [1.54, 1.807) is 18.3 Å². The summed E-state index contributed by atoms with van der Waals surface area (Å²) in [6.45, 7) is 1.41. The number of sulfonamides is 1. The number of benzene rings is 2. The first-order valence-corrected chi connectivity index (χ1v) is 12.5. The van der Waals surface area contributed by atoms with Gasteiger partial charge in [0.25, 0.3) is 0 Å². The van der Waals surface area contributed by atoms with Gasteiger partial charge in [0.15, 0.2) is 0 Å². The molecule has 1 aliphatic heterocycles. The summed E-state index contributed by atoms with van der Waals surface area (Å²) in [7, 11) is -5.54. The van der Waals surface area contributed by atoms with Crippen LogP contribution < -0.4 is 4.90 Å². The van der Waals surface area contributed by atoms with E-state index in [1.807, 2.05) is 42.2 Å². The van der Waals surface area contributed by atoms with Gasteiger partial charge >= 0.3 is 15.5 Å². The predicted molar refractivity (Wildman–Crippen MR) is 125 cm³/mol. The molecule has 2 aromatic carbocycles. The van der Waals surface area contributed by atoms with Gasteiger partial charge in [-0.25, -0.2) is 13.4 Å². The van der Waals surface area contributed by atoms with Gasteiger partial charge in [0.05, 0.1) is 18.4 Å². The Morgan fingerprint density at radius 3 is 2.56 bits per heavy atom. The van der Waals surface area contributed by atoms with E-state index >= 15 is 0 Å². The molecule has 0 unspecified atom stereocenters. The summed E-state index contributed by atoms with van der Waals surface area (Å²) in [6, 6.07) is 14.0. The molecule has 34 heavy (non-hydrogen) atoms. The van der Waals surface area contributed by atoms with Crippen LogP contribution >= 0.6 is 11.6 Å². The molecule has 0 bridgehead atoms. The number of aryl methyl sites for hydroxylation is 2. The Labute approximate surface area is 201 Å². The van der Waals surface area contributed by atoms with E-state index in [9.17, 15) is 21.6 Å². The molecule has 0 radical (unpaired) electrons. The smallest absolute Gasteiger partial charge is 0.361 e. The summed E-state index contributed by atoms with van der Waals surface area (Å²) in [5.74, 6) is 0.711. The topological polar surface area (TPSA) is 69.3 Å². The van der Waals surface area contributed by atoms with Crippen LogP contribution in [0.5, 0.6) is 0 Å². The summed E-state index contributed by atoms with van der Waals surface area (Å²) < 4.78 is 66.1. The monoisotopic (exact) mass is 512 g/mol. The maximum atomic E-state index is 13.5. The number of aromatic amines is 1. The van der Waals surface area contributed by atoms with Crippen LogP contribution in [0.15, 0.2) is 54.7 Å². The van der Waals surface area contributed by atoms with Crippen molar-refractivity contribution in [2.45, 2.75) is 44.4 Å². The zero-order valence-electron chi connectivity index (χ0n) is 18.4. The second-order valence-electron chi connectivity index (χ2n) is 8.32. The normalized spacial score (nSPS) is 17.4. The standard InChI is InChI=1S/C23H24ClF3N4O2S/c1-16-28-12-20(29-16)14-31-21(9-7-17-5-3-2-4-6-17)15-30(34(32,33)23(25,26)27)13-18-11-19(24)8-10-22(18)31/h2-6,8,10-12,21H,7,9,13-15H2,1H3,(H,28,29)/t21-/m1/s1. The molecule has 182 valence electrons. The van der Waals surface area contributed by atoms with Crippen molar-refractivity contribution in [1.29, 1.82) is 0 Å². The van der Waals surface area contributed by atoms with Crippen molar-refractivity contribution in [3.63, 3.8) is 0 Å². The van der Waals surface area contributed by atoms with E-state index < -0.39 is 28.1 Å². The number of alkyl halides is 3. The first-order chi connectivity index (χ1) is 16.0. The van der Waals surface area contributed by atoms with Crippen molar-refractivity contribution >= 4 is 27.3 Å². The zero-order chi connectivity index (χ0) is 24.5. The van der Waals surface area contributed by atoms with Crippen molar-refractivity contribution in [3.8, 4) is 0 Å². The number of hydrogen-bond acceptors (Lipinski definition) is 4. The van der Waals surface area contributed by atoms with E-state index in [0.29, 0.717) is 45.8 Å². The van der Waals surface area contributed by atoms with Gasteiger partial charge in [0.1, 0.15) is 5.82 Å². The molecule has 0 fully saturated rings. The molecule has 4 rings (SSSR count). The third kappa shape index (κ3) is 5.24.